The number of rotatable bonds is 6. The van der Waals surface area contributed by atoms with Crippen molar-refractivity contribution in [3.63, 3.8) is 0 Å². The fraction of sp³-hybridized carbons (Fsp3) is 0.261. The molecule has 1 N–H and O–H groups in total. The second-order valence-corrected chi connectivity index (χ2v) is 6.77. The van der Waals surface area contributed by atoms with Gasteiger partial charge in [-0.25, -0.2) is 0 Å². The van der Waals surface area contributed by atoms with Crippen molar-refractivity contribution in [2.45, 2.75) is 25.9 Å². The maximum atomic E-state index is 12.0. The standard InChI is InChI=1S/C23H25NO3/c1-16-8-10-18(11-9-16)23(25,15-19-7-5-6-12-24-19)20-13-17(2)14-21(26-3)22(20)27-4/h5-14,25H,15H2,1-4H3. The van der Waals surface area contributed by atoms with Crippen LogP contribution in [0.4, 0.5) is 0 Å². The Bertz CT molecular complexity index is 907. The molecule has 0 saturated heterocycles. The zero-order valence-electron chi connectivity index (χ0n) is 16.2. The van der Waals surface area contributed by atoms with Gasteiger partial charge in [0.15, 0.2) is 11.5 Å². The number of pyridine rings is 1. The molecule has 140 valence electrons. The fourth-order valence-electron chi connectivity index (χ4n) is 3.36. The normalized spacial score (nSPS) is 13.1. The van der Waals surface area contributed by atoms with Gasteiger partial charge >= 0.3 is 0 Å². The Balaban J connectivity index is 2.24. The summed E-state index contributed by atoms with van der Waals surface area (Å²) in [5.41, 5.74) is 3.04. The molecule has 0 amide bonds. The van der Waals surface area contributed by atoms with E-state index in [-0.39, 0.29) is 0 Å². The summed E-state index contributed by atoms with van der Waals surface area (Å²) in [6.45, 7) is 4.00. The topological polar surface area (TPSA) is 51.6 Å². The van der Waals surface area contributed by atoms with E-state index < -0.39 is 5.60 Å². The molecule has 0 aliphatic carbocycles. The summed E-state index contributed by atoms with van der Waals surface area (Å²) < 4.78 is 11.2. The summed E-state index contributed by atoms with van der Waals surface area (Å²) in [6, 6.07) is 17.5. The minimum Gasteiger partial charge on any atom is -0.493 e. The van der Waals surface area contributed by atoms with Gasteiger partial charge in [-0.15, -0.1) is 0 Å². The minimum absolute atomic E-state index is 0.319. The summed E-state index contributed by atoms with van der Waals surface area (Å²) in [6.07, 6.45) is 2.05. The molecular formula is C23H25NO3. The van der Waals surface area contributed by atoms with E-state index in [2.05, 4.69) is 4.98 Å². The van der Waals surface area contributed by atoms with Crippen molar-refractivity contribution in [1.29, 1.82) is 0 Å². The number of ether oxygens (including phenoxy) is 2. The van der Waals surface area contributed by atoms with Gasteiger partial charge in [0.05, 0.1) is 14.2 Å². The smallest absolute Gasteiger partial charge is 0.167 e. The highest BCUT2D eigenvalue weighted by molar-refractivity contribution is 5.55. The van der Waals surface area contributed by atoms with Crippen molar-refractivity contribution in [2.24, 2.45) is 0 Å². The molecule has 4 nitrogen and oxygen atoms in total. The van der Waals surface area contributed by atoms with Crippen LogP contribution in [-0.2, 0) is 12.0 Å². The lowest BCUT2D eigenvalue weighted by Crippen LogP contribution is -2.31. The second kappa shape index (κ2) is 7.80. The molecule has 1 atom stereocenters. The van der Waals surface area contributed by atoms with Crippen molar-refractivity contribution in [1.82, 2.24) is 4.98 Å². The van der Waals surface area contributed by atoms with Gasteiger partial charge in [0.1, 0.15) is 5.60 Å². The third-order valence-electron chi connectivity index (χ3n) is 4.76. The molecule has 0 aliphatic heterocycles. The number of aliphatic hydroxyl groups is 1. The molecule has 0 radical (unpaired) electrons. The van der Waals surface area contributed by atoms with Crippen molar-refractivity contribution in [2.75, 3.05) is 14.2 Å². The van der Waals surface area contributed by atoms with E-state index in [0.717, 1.165) is 22.4 Å². The SMILES string of the molecule is COc1cc(C)cc(C(O)(Cc2ccccn2)c2ccc(C)cc2)c1OC. The Morgan fingerprint density at radius 3 is 2.26 bits per heavy atom. The van der Waals surface area contributed by atoms with Crippen LogP contribution in [0, 0.1) is 13.8 Å². The van der Waals surface area contributed by atoms with Crippen molar-refractivity contribution in [3.8, 4) is 11.5 Å². The first-order valence-electron chi connectivity index (χ1n) is 8.90. The molecule has 0 bridgehead atoms. The Morgan fingerprint density at radius 2 is 1.67 bits per heavy atom. The molecule has 0 spiro atoms. The number of methoxy groups -OCH3 is 2. The molecule has 1 heterocycles. The Labute approximate surface area is 160 Å². The van der Waals surface area contributed by atoms with Crippen LogP contribution in [0.2, 0.25) is 0 Å². The monoisotopic (exact) mass is 363 g/mol. The highest BCUT2D eigenvalue weighted by Crippen LogP contribution is 2.43. The van der Waals surface area contributed by atoms with E-state index in [1.165, 1.54) is 0 Å². The lowest BCUT2D eigenvalue weighted by atomic mass is 9.81. The average molecular weight is 363 g/mol. The second-order valence-electron chi connectivity index (χ2n) is 6.77. The minimum atomic E-state index is -1.31. The zero-order valence-corrected chi connectivity index (χ0v) is 16.2. The number of aryl methyl sites for hydroxylation is 2. The first-order valence-corrected chi connectivity index (χ1v) is 8.90. The van der Waals surface area contributed by atoms with Crippen LogP contribution in [0.5, 0.6) is 11.5 Å². The molecule has 1 aromatic heterocycles. The molecule has 2 aromatic carbocycles. The number of aromatic nitrogens is 1. The summed E-state index contributed by atoms with van der Waals surface area (Å²) in [5.74, 6) is 1.13. The predicted octanol–water partition coefficient (Wildman–Crippen LogP) is 4.19. The van der Waals surface area contributed by atoms with Crippen LogP contribution < -0.4 is 9.47 Å². The highest BCUT2D eigenvalue weighted by atomic mass is 16.5. The number of hydrogen-bond donors (Lipinski definition) is 1. The van der Waals surface area contributed by atoms with Crippen LogP contribution in [0.1, 0.15) is 27.9 Å². The number of nitrogens with zero attached hydrogens (tertiary/aromatic N) is 1. The number of benzene rings is 2. The van der Waals surface area contributed by atoms with Crippen LogP contribution >= 0.6 is 0 Å². The molecule has 3 aromatic rings. The van der Waals surface area contributed by atoms with E-state index in [0.29, 0.717) is 23.5 Å². The molecule has 4 heteroatoms. The van der Waals surface area contributed by atoms with E-state index in [1.807, 2.05) is 68.4 Å². The maximum Gasteiger partial charge on any atom is 0.167 e. The lowest BCUT2D eigenvalue weighted by molar-refractivity contribution is 0.0765. The molecule has 0 fully saturated rings. The summed E-state index contributed by atoms with van der Waals surface area (Å²) in [7, 11) is 3.19. The van der Waals surface area contributed by atoms with Gasteiger partial charge < -0.3 is 14.6 Å². The third kappa shape index (κ3) is 3.81. The molecular weight excluding hydrogens is 338 g/mol. The van der Waals surface area contributed by atoms with E-state index >= 15 is 0 Å². The lowest BCUT2D eigenvalue weighted by Gasteiger charge is -2.31. The van der Waals surface area contributed by atoms with E-state index in [9.17, 15) is 5.11 Å². The first kappa shape index (κ1) is 18.9. The molecule has 1 unspecified atom stereocenters. The van der Waals surface area contributed by atoms with Crippen molar-refractivity contribution >= 4 is 0 Å². The maximum absolute atomic E-state index is 12.0. The van der Waals surface area contributed by atoms with Crippen LogP contribution in [0.15, 0.2) is 60.8 Å². The average Bonchev–Trinajstić information content (AvgIpc) is 2.68. The van der Waals surface area contributed by atoms with E-state index in [1.54, 1.807) is 20.4 Å². The van der Waals surface area contributed by atoms with Gasteiger partial charge in [0, 0.05) is 23.9 Å². The zero-order chi connectivity index (χ0) is 19.4. The van der Waals surface area contributed by atoms with Crippen LogP contribution in [0.25, 0.3) is 0 Å². The van der Waals surface area contributed by atoms with Gasteiger partial charge in [0.2, 0.25) is 0 Å². The third-order valence-corrected chi connectivity index (χ3v) is 4.76. The molecule has 3 rings (SSSR count). The number of hydrogen-bond acceptors (Lipinski definition) is 4. The van der Waals surface area contributed by atoms with Crippen LogP contribution in [0.3, 0.4) is 0 Å². The molecule has 0 aliphatic rings. The molecule has 0 saturated carbocycles. The molecule has 27 heavy (non-hydrogen) atoms. The summed E-state index contributed by atoms with van der Waals surface area (Å²) in [4.78, 5) is 4.42. The predicted molar refractivity (Wildman–Crippen MR) is 106 cm³/mol. The van der Waals surface area contributed by atoms with Gasteiger partial charge in [0.25, 0.3) is 0 Å². The Kier molecular flexibility index (Phi) is 5.47. The Hall–Kier alpha value is -2.85. The van der Waals surface area contributed by atoms with E-state index in [4.69, 9.17) is 9.47 Å². The van der Waals surface area contributed by atoms with Crippen molar-refractivity contribution in [3.05, 3.63) is 88.7 Å². The Morgan fingerprint density at radius 1 is 0.926 bits per heavy atom. The van der Waals surface area contributed by atoms with Crippen molar-refractivity contribution < 1.29 is 14.6 Å². The first-order chi connectivity index (χ1) is 13.0. The highest BCUT2D eigenvalue weighted by Gasteiger charge is 2.36. The van der Waals surface area contributed by atoms with Crippen LogP contribution in [-0.4, -0.2) is 24.3 Å². The van der Waals surface area contributed by atoms with Gasteiger partial charge in [-0.1, -0.05) is 35.9 Å². The fourth-order valence-corrected chi connectivity index (χ4v) is 3.36. The summed E-state index contributed by atoms with van der Waals surface area (Å²) in [5, 5.41) is 12.0. The quantitative estimate of drug-likeness (QED) is 0.713. The van der Waals surface area contributed by atoms with Gasteiger partial charge in [-0.2, -0.15) is 0 Å². The van der Waals surface area contributed by atoms with Gasteiger partial charge in [-0.05, 0) is 49.2 Å². The van der Waals surface area contributed by atoms with Gasteiger partial charge in [-0.3, -0.25) is 4.98 Å². The largest absolute Gasteiger partial charge is 0.493 e. The summed E-state index contributed by atoms with van der Waals surface area (Å²) >= 11 is 0.